The third kappa shape index (κ3) is 16.6. The Hall–Kier alpha value is -0.340. The minimum absolute atomic E-state index is 0.0679. The van der Waals surface area contributed by atoms with Crippen molar-refractivity contribution in [1.82, 2.24) is 5.32 Å². The van der Waals surface area contributed by atoms with E-state index in [2.05, 4.69) is 14.7 Å². The molecule has 0 aliphatic carbocycles. The molecular weight excluding hydrogens is 457 g/mol. The average molecular weight is 485 g/mol. The number of phosphoric acid groups is 1. The highest BCUT2D eigenvalue weighted by atomic mass is 33.1. The van der Waals surface area contributed by atoms with Crippen LogP contribution in [0.25, 0.3) is 0 Å². The van der Waals surface area contributed by atoms with Crippen LogP contribution in [0.2, 0.25) is 0 Å². The predicted octanol–water partition coefficient (Wildman–Crippen LogP) is 1.27. The lowest BCUT2D eigenvalue weighted by Crippen LogP contribution is -2.48. The monoisotopic (exact) mass is 484 g/mol. The Morgan fingerprint density at radius 3 is 2.39 bits per heavy atom. The standard InChI is InChI=1S/C13H26NO10PS3/c1-10(24-25(18,19)20)12(13(16)17)14-11(15)6-4-2-3-5-7-26-27-8-9-28(21,22)23/h10,12H,2-9H2,1H3,(H,14,15)(H,16,17)(H2,18,19,20)(H,21,22,23)/t10-,12+/m1/s1/i/hD. The third-order valence-electron chi connectivity index (χ3n) is 3.24. The lowest BCUT2D eigenvalue weighted by molar-refractivity contribution is -0.144. The molecule has 0 fully saturated rings. The maximum absolute atomic E-state index is 11.9. The molecule has 0 radical (unpaired) electrons. The van der Waals surface area contributed by atoms with E-state index < -0.39 is 42.0 Å². The van der Waals surface area contributed by atoms with Crippen LogP contribution in [0.1, 0.15) is 39.0 Å². The number of nitrogens with one attached hydrogen (secondary N) is 1. The molecule has 0 aromatic carbocycles. The van der Waals surface area contributed by atoms with Crippen LogP contribution in [0.15, 0.2) is 0 Å². The molecule has 28 heavy (non-hydrogen) atoms. The van der Waals surface area contributed by atoms with E-state index in [0.717, 1.165) is 31.9 Å². The highest BCUT2D eigenvalue weighted by molar-refractivity contribution is 8.76. The van der Waals surface area contributed by atoms with Gasteiger partial charge in [-0.1, -0.05) is 34.4 Å². The number of hydrogen-bond acceptors (Lipinski definition) is 9. The van der Waals surface area contributed by atoms with Crippen molar-refractivity contribution in [1.29, 1.82) is 1.43 Å². The fraction of sp³-hybridized carbons (Fsp3) is 0.846. The first-order valence-electron chi connectivity index (χ1n) is 8.66. The second kappa shape index (κ2) is 13.8. The largest absolute Gasteiger partial charge is 0.480 e. The van der Waals surface area contributed by atoms with E-state index in [4.69, 9.17) is 16.0 Å². The zero-order chi connectivity index (χ0) is 22.5. The summed E-state index contributed by atoms with van der Waals surface area (Å²) < 4.78 is 51.7. The molecule has 15 heteroatoms. The summed E-state index contributed by atoms with van der Waals surface area (Å²) in [6, 6.07) is -1.57. The van der Waals surface area contributed by atoms with Crippen LogP contribution >= 0.6 is 29.4 Å². The highest BCUT2D eigenvalue weighted by Crippen LogP contribution is 2.38. The molecule has 0 bridgehead atoms. The number of aliphatic carboxylic acids is 1. The molecule has 1 unspecified atom stereocenters. The Labute approximate surface area is 173 Å². The minimum Gasteiger partial charge on any atom is -0.480 e. The highest BCUT2D eigenvalue weighted by Gasteiger charge is 2.32. The van der Waals surface area contributed by atoms with Gasteiger partial charge in [0.15, 0.2) is 6.04 Å². The van der Waals surface area contributed by atoms with Crippen LogP contribution in [0, 0.1) is 0 Å². The van der Waals surface area contributed by atoms with Crippen molar-refractivity contribution >= 4 is 51.4 Å². The molecule has 0 saturated carbocycles. The molecule has 5 N–H and O–H groups in total. The van der Waals surface area contributed by atoms with Gasteiger partial charge in [-0.05, 0) is 19.8 Å². The summed E-state index contributed by atoms with van der Waals surface area (Å²) in [5.41, 5.74) is 0. The lowest BCUT2D eigenvalue weighted by Gasteiger charge is -2.21. The summed E-state index contributed by atoms with van der Waals surface area (Å²) in [6.45, 7) is 1.16. The van der Waals surface area contributed by atoms with Crippen LogP contribution in [0.5, 0.6) is 0 Å². The molecule has 0 saturated heterocycles. The number of amides is 1. The van der Waals surface area contributed by atoms with Gasteiger partial charge in [0.05, 0.1) is 11.9 Å². The maximum atomic E-state index is 11.9. The van der Waals surface area contributed by atoms with Crippen molar-refractivity contribution in [3.05, 3.63) is 0 Å². The van der Waals surface area contributed by atoms with E-state index in [9.17, 15) is 22.6 Å². The normalized spacial score (nSPS) is 16.6. The van der Waals surface area contributed by atoms with Crippen LogP contribution in [-0.2, 0) is 28.8 Å². The van der Waals surface area contributed by atoms with Crippen molar-refractivity contribution in [3.8, 4) is 0 Å². The zero-order valence-corrected chi connectivity index (χ0v) is 18.5. The smallest absolute Gasteiger partial charge is 0.469 e. The Balaban J connectivity index is 3.98. The average Bonchev–Trinajstić information content (AvgIpc) is 2.59. The molecule has 0 aromatic heterocycles. The molecular formula is C13H26NO10PS3. The topological polar surface area (TPSA) is 188 Å². The summed E-state index contributed by atoms with van der Waals surface area (Å²) in [6.07, 6.45) is 1.60. The summed E-state index contributed by atoms with van der Waals surface area (Å²) in [5, 5.41) is 11.3. The molecule has 0 spiro atoms. The van der Waals surface area contributed by atoms with E-state index in [1.54, 1.807) is 0 Å². The van der Waals surface area contributed by atoms with Gasteiger partial charge < -0.3 is 20.2 Å². The Bertz CT molecular complexity index is 665. The zero-order valence-electron chi connectivity index (χ0n) is 16.2. The van der Waals surface area contributed by atoms with Gasteiger partial charge in [0.25, 0.3) is 10.1 Å². The van der Waals surface area contributed by atoms with Crippen LogP contribution in [-0.4, -0.2) is 70.6 Å². The Morgan fingerprint density at radius 1 is 1.21 bits per heavy atom. The number of carbonyl (C=O) groups is 2. The van der Waals surface area contributed by atoms with Crippen molar-refractivity contribution in [2.45, 2.75) is 51.2 Å². The quantitative estimate of drug-likeness (QED) is 0.0862. The van der Waals surface area contributed by atoms with E-state index in [-0.39, 0.29) is 12.2 Å². The van der Waals surface area contributed by atoms with E-state index >= 15 is 0 Å². The molecule has 0 aliphatic heterocycles. The van der Waals surface area contributed by atoms with E-state index in [1.807, 2.05) is 0 Å². The van der Waals surface area contributed by atoms with Crippen LogP contribution < -0.4 is 5.32 Å². The molecule has 0 aliphatic rings. The molecule has 3 atom stereocenters. The van der Waals surface area contributed by atoms with Gasteiger partial charge in [0.2, 0.25) is 7.34 Å². The van der Waals surface area contributed by atoms with Gasteiger partial charge in [-0.3, -0.25) is 13.9 Å². The SMILES string of the molecule is [2H]OP(=O)(O)O[C@H](C)[C@H](NC(=O)CCCCCCSSCCS(=O)(=O)O)C(=O)O. The summed E-state index contributed by atoms with van der Waals surface area (Å²) in [5.74, 6) is -1.21. The van der Waals surface area contributed by atoms with Crippen LogP contribution in [0.3, 0.4) is 0 Å². The first kappa shape index (κ1) is 25.7. The predicted molar refractivity (Wildman–Crippen MR) is 107 cm³/mol. The maximum Gasteiger partial charge on any atom is 0.469 e. The number of hydrogen-bond donors (Lipinski definition) is 5. The summed E-state index contributed by atoms with van der Waals surface area (Å²) >= 11 is 0. The van der Waals surface area contributed by atoms with Gasteiger partial charge in [0.1, 0.15) is 0 Å². The first-order valence-corrected chi connectivity index (χ1v) is 13.8. The van der Waals surface area contributed by atoms with Gasteiger partial charge in [-0.15, -0.1) is 0 Å². The van der Waals surface area contributed by atoms with Gasteiger partial charge in [0, 0.05) is 17.9 Å². The lowest BCUT2D eigenvalue weighted by atomic mass is 10.1. The van der Waals surface area contributed by atoms with Crippen LogP contribution in [0.4, 0.5) is 0 Å². The third-order valence-corrected chi connectivity index (χ3v) is 7.31. The van der Waals surface area contributed by atoms with E-state index in [0.29, 0.717) is 12.2 Å². The Kier molecular flexibility index (Phi) is 12.7. The summed E-state index contributed by atoms with van der Waals surface area (Å²) in [7, 11) is -5.79. The van der Waals surface area contributed by atoms with Crippen molar-refractivity contribution in [2.75, 3.05) is 17.3 Å². The molecule has 11 nitrogen and oxygen atoms in total. The number of rotatable bonds is 17. The number of carboxylic acid groups (broad SMARTS) is 1. The Morgan fingerprint density at radius 2 is 1.82 bits per heavy atom. The molecule has 0 heterocycles. The molecule has 1 amide bonds. The number of carbonyl (C=O) groups excluding carboxylic acids is 1. The van der Waals surface area contributed by atoms with Gasteiger partial charge >= 0.3 is 13.8 Å². The first-order chi connectivity index (χ1) is 13.4. The number of carboxylic acids is 1. The second-order valence-corrected chi connectivity index (χ2v) is 11.2. The summed E-state index contributed by atoms with van der Waals surface area (Å²) in [4.78, 5) is 35.6. The van der Waals surface area contributed by atoms with Crippen molar-refractivity contribution in [3.63, 3.8) is 0 Å². The fourth-order valence-corrected chi connectivity index (χ4v) is 5.84. The molecule has 0 aromatic rings. The van der Waals surface area contributed by atoms with Crippen molar-refractivity contribution < 1.29 is 46.5 Å². The molecule has 166 valence electrons. The van der Waals surface area contributed by atoms with Gasteiger partial charge in [-0.2, -0.15) is 8.42 Å². The molecule has 0 rings (SSSR count). The fourth-order valence-electron chi connectivity index (χ4n) is 1.95. The minimum atomic E-state index is -4.71. The van der Waals surface area contributed by atoms with Crippen molar-refractivity contribution in [2.24, 2.45) is 0 Å². The second-order valence-electron chi connectivity index (χ2n) is 5.76. The van der Waals surface area contributed by atoms with Gasteiger partial charge in [-0.25, -0.2) is 9.36 Å². The number of phosphoric ester groups is 1. The number of unbranched alkanes of at least 4 members (excludes halogenated alkanes) is 3. The van der Waals surface area contributed by atoms with E-state index in [1.165, 1.54) is 21.6 Å².